The first-order chi connectivity index (χ1) is 14.7. The van der Waals surface area contributed by atoms with Gasteiger partial charge in [-0.2, -0.15) is 0 Å². The smallest absolute Gasteiger partial charge is 0.263 e. The Morgan fingerprint density at radius 2 is 1.77 bits per heavy atom. The molecule has 0 fully saturated rings. The van der Waals surface area contributed by atoms with E-state index in [1.807, 2.05) is 23.1 Å². The summed E-state index contributed by atoms with van der Waals surface area (Å²) in [6, 6.07) is 10.1. The van der Waals surface area contributed by atoms with Gasteiger partial charge in [0, 0.05) is 24.5 Å². The molecule has 0 radical (unpaired) electrons. The van der Waals surface area contributed by atoms with Gasteiger partial charge < -0.3 is 15.1 Å². The first kappa shape index (κ1) is 21.0. The Balaban J connectivity index is 1.83. The number of benzene rings is 1. The largest absolute Gasteiger partial charge is 0.395 e. The molecule has 3 aromatic rings. The quantitative estimate of drug-likeness (QED) is 0.541. The van der Waals surface area contributed by atoms with Crippen LogP contribution in [0.5, 0.6) is 0 Å². The molecule has 2 heterocycles. The second kappa shape index (κ2) is 9.73. The second-order valence-electron chi connectivity index (χ2n) is 7.78. The highest BCUT2D eigenvalue weighted by Gasteiger charge is 2.23. The molecule has 0 aliphatic heterocycles. The minimum Gasteiger partial charge on any atom is -0.395 e. The summed E-state index contributed by atoms with van der Waals surface area (Å²) in [5.41, 5.74) is 2.36. The average Bonchev–Trinajstić information content (AvgIpc) is 2.95. The molecule has 1 aromatic carbocycles. The number of aromatic nitrogens is 2. The number of rotatable bonds is 8. The lowest BCUT2D eigenvalue weighted by Crippen LogP contribution is -2.37. The van der Waals surface area contributed by atoms with Gasteiger partial charge in [0.2, 0.25) is 5.95 Å². The molecule has 0 unspecified atom stereocenters. The van der Waals surface area contributed by atoms with Crippen LogP contribution in [-0.4, -0.2) is 46.1 Å². The van der Waals surface area contributed by atoms with Crippen LogP contribution in [0, 0.1) is 0 Å². The van der Waals surface area contributed by atoms with E-state index in [0.29, 0.717) is 25.6 Å². The first-order valence-corrected chi connectivity index (χ1v) is 11.6. The van der Waals surface area contributed by atoms with E-state index >= 15 is 0 Å². The standard InChI is InChI=1S/C23H29N3O3S/c27-15-13-25(14-16-28)23-24-21-20(18-9-5-2-6-10-19(18)30-21)22(29)26(23)12-11-17-7-3-1-4-8-17/h1,3-4,7-8,27-28H,2,5-6,9-16H2. The lowest BCUT2D eigenvalue weighted by atomic mass is 10.1. The van der Waals surface area contributed by atoms with Crippen LogP contribution in [0.25, 0.3) is 10.2 Å². The normalized spacial score (nSPS) is 13.9. The third-order valence-corrected chi connectivity index (χ3v) is 6.98. The lowest BCUT2D eigenvalue weighted by Gasteiger charge is -2.25. The van der Waals surface area contributed by atoms with E-state index in [-0.39, 0.29) is 18.8 Å². The number of aryl methyl sites for hydroxylation is 3. The van der Waals surface area contributed by atoms with Gasteiger partial charge in [-0.25, -0.2) is 4.98 Å². The van der Waals surface area contributed by atoms with E-state index in [4.69, 9.17) is 4.98 Å². The number of nitrogens with zero attached hydrogens (tertiary/aromatic N) is 3. The molecule has 4 rings (SSSR count). The third kappa shape index (κ3) is 4.29. The molecule has 7 heteroatoms. The number of hydrogen-bond acceptors (Lipinski definition) is 6. The molecule has 0 bridgehead atoms. The first-order valence-electron chi connectivity index (χ1n) is 10.8. The van der Waals surface area contributed by atoms with E-state index in [1.54, 1.807) is 15.9 Å². The fourth-order valence-electron chi connectivity index (χ4n) is 4.29. The highest BCUT2D eigenvalue weighted by atomic mass is 32.1. The van der Waals surface area contributed by atoms with Crippen molar-refractivity contribution in [2.75, 3.05) is 31.2 Å². The maximum atomic E-state index is 13.7. The highest BCUT2D eigenvalue weighted by Crippen LogP contribution is 2.34. The van der Waals surface area contributed by atoms with Gasteiger partial charge >= 0.3 is 0 Å². The van der Waals surface area contributed by atoms with Crippen molar-refractivity contribution < 1.29 is 10.2 Å². The van der Waals surface area contributed by atoms with Crippen molar-refractivity contribution in [3.05, 3.63) is 56.7 Å². The number of hydrogen-bond donors (Lipinski definition) is 2. The summed E-state index contributed by atoms with van der Waals surface area (Å²) in [6.45, 7) is 1.05. The summed E-state index contributed by atoms with van der Waals surface area (Å²) in [5.74, 6) is 0.544. The molecule has 0 atom stereocenters. The molecular weight excluding hydrogens is 398 g/mol. The minimum atomic E-state index is -0.0620. The van der Waals surface area contributed by atoms with E-state index in [0.717, 1.165) is 47.9 Å². The van der Waals surface area contributed by atoms with Gasteiger partial charge in [0.1, 0.15) is 4.83 Å². The van der Waals surface area contributed by atoms with Crippen LogP contribution in [0.3, 0.4) is 0 Å². The van der Waals surface area contributed by atoms with Crippen LogP contribution >= 0.6 is 11.3 Å². The monoisotopic (exact) mass is 427 g/mol. The van der Waals surface area contributed by atoms with Crippen LogP contribution in [-0.2, 0) is 25.8 Å². The van der Waals surface area contributed by atoms with Gasteiger partial charge in [-0.1, -0.05) is 36.8 Å². The molecule has 160 valence electrons. The van der Waals surface area contributed by atoms with Crippen molar-refractivity contribution in [2.45, 2.75) is 45.1 Å². The van der Waals surface area contributed by atoms with Gasteiger partial charge in [-0.3, -0.25) is 9.36 Å². The van der Waals surface area contributed by atoms with Crippen LogP contribution in [0.2, 0.25) is 0 Å². The maximum absolute atomic E-state index is 13.7. The van der Waals surface area contributed by atoms with Crippen molar-refractivity contribution in [3.8, 4) is 0 Å². The van der Waals surface area contributed by atoms with Crippen LogP contribution in [0.15, 0.2) is 35.1 Å². The van der Waals surface area contributed by atoms with Crippen molar-refractivity contribution >= 4 is 27.5 Å². The van der Waals surface area contributed by atoms with Gasteiger partial charge in [0.25, 0.3) is 5.56 Å². The highest BCUT2D eigenvalue weighted by molar-refractivity contribution is 7.18. The van der Waals surface area contributed by atoms with E-state index in [2.05, 4.69) is 12.1 Å². The molecule has 2 N–H and O–H groups in total. The summed E-state index contributed by atoms with van der Waals surface area (Å²) >= 11 is 1.64. The van der Waals surface area contributed by atoms with Crippen LogP contribution < -0.4 is 10.5 Å². The average molecular weight is 428 g/mol. The number of aliphatic hydroxyl groups excluding tert-OH is 2. The zero-order valence-electron chi connectivity index (χ0n) is 17.2. The summed E-state index contributed by atoms with van der Waals surface area (Å²) < 4.78 is 1.75. The topological polar surface area (TPSA) is 78.6 Å². The van der Waals surface area contributed by atoms with E-state index in [9.17, 15) is 15.0 Å². The predicted octanol–water partition coefficient (Wildman–Crippen LogP) is 2.76. The van der Waals surface area contributed by atoms with Crippen LogP contribution in [0.4, 0.5) is 5.95 Å². The van der Waals surface area contributed by atoms with Gasteiger partial charge in [-0.15, -0.1) is 11.3 Å². The molecule has 6 nitrogen and oxygen atoms in total. The Morgan fingerprint density at radius 1 is 1.03 bits per heavy atom. The van der Waals surface area contributed by atoms with Crippen molar-refractivity contribution in [2.24, 2.45) is 0 Å². The Hall–Kier alpha value is -2.22. The molecule has 0 amide bonds. The van der Waals surface area contributed by atoms with Crippen molar-refractivity contribution in [3.63, 3.8) is 0 Å². The Morgan fingerprint density at radius 3 is 2.50 bits per heavy atom. The Kier molecular flexibility index (Phi) is 6.82. The van der Waals surface area contributed by atoms with Gasteiger partial charge in [0.15, 0.2) is 0 Å². The van der Waals surface area contributed by atoms with Crippen molar-refractivity contribution in [1.82, 2.24) is 9.55 Å². The molecule has 0 saturated heterocycles. The summed E-state index contributed by atoms with van der Waals surface area (Å²) in [5, 5.41) is 19.8. The maximum Gasteiger partial charge on any atom is 0.263 e. The summed E-state index contributed by atoms with van der Waals surface area (Å²) in [4.78, 5) is 22.5. The molecular formula is C23H29N3O3S. The molecule has 1 aliphatic rings. The zero-order valence-corrected chi connectivity index (χ0v) is 18.0. The summed E-state index contributed by atoms with van der Waals surface area (Å²) in [6.07, 6.45) is 6.17. The number of aliphatic hydroxyl groups is 2. The fraction of sp³-hybridized carbons (Fsp3) is 0.478. The van der Waals surface area contributed by atoms with E-state index < -0.39 is 0 Å². The molecule has 30 heavy (non-hydrogen) atoms. The zero-order chi connectivity index (χ0) is 20.9. The Labute approximate surface area is 180 Å². The predicted molar refractivity (Wildman–Crippen MR) is 122 cm³/mol. The van der Waals surface area contributed by atoms with Crippen molar-refractivity contribution in [1.29, 1.82) is 0 Å². The SMILES string of the molecule is O=c1c2c3c(sc2nc(N(CCO)CCO)n1CCc1ccccc1)CCCCC3. The molecule has 0 saturated carbocycles. The summed E-state index contributed by atoms with van der Waals surface area (Å²) in [7, 11) is 0. The number of anilines is 1. The van der Waals surface area contributed by atoms with Gasteiger partial charge in [0.05, 0.1) is 18.6 Å². The van der Waals surface area contributed by atoms with Gasteiger partial charge in [-0.05, 0) is 43.2 Å². The molecule has 1 aliphatic carbocycles. The number of thiophene rings is 1. The third-order valence-electron chi connectivity index (χ3n) is 5.79. The lowest BCUT2D eigenvalue weighted by molar-refractivity contribution is 0.279. The second-order valence-corrected chi connectivity index (χ2v) is 8.87. The van der Waals surface area contributed by atoms with E-state index in [1.165, 1.54) is 16.9 Å². The molecule has 2 aromatic heterocycles. The fourth-order valence-corrected chi connectivity index (χ4v) is 5.53. The number of fused-ring (bicyclic) bond motifs is 3. The molecule has 0 spiro atoms. The van der Waals surface area contributed by atoms with Crippen LogP contribution in [0.1, 0.15) is 35.3 Å². The Bertz CT molecular complexity index is 1040. The minimum absolute atomic E-state index is 0.00575.